The Morgan fingerprint density at radius 1 is 1.00 bits per heavy atom. The van der Waals surface area contributed by atoms with Crippen molar-refractivity contribution in [1.82, 2.24) is 10.3 Å². The summed E-state index contributed by atoms with van der Waals surface area (Å²) in [7, 11) is 3.11. The Hall–Kier alpha value is -3.35. The Morgan fingerprint density at radius 2 is 1.82 bits per heavy atom. The van der Waals surface area contributed by atoms with Gasteiger partial charge in [0.1, 0.15) is 17.3 Å². The van der Waals surface area contributed by atoms with Crippen molar-refractivity contribution in [2.45, 2.75) is 6.42 Å². The number of nitrogens with zero attached hydrogens (tertiary/aromatic N) is 1. The van der Waals surface area contributed by atoms with E-state index in [9.17, 15) is 9.18 Å². The number of methoxy groups -OCH3 is 2. The van der Waals surface area contributed by atoms with Crippen LogP contribution in [0.3, 0.4) is 0 Å². The van der Waals surface area contributed by atoms with E-state index in [0.29, 0.717) is 62.2 Å². The van der Waals surface area contributed by atoms with E-state index >= 15 is 0 Å². The molecule has 4 rings (SSSR count). The number of fused-ring (bicyclic) bond motifs is 1. The molecule has 174 valence electrons. The average Bonchev–Trinajstić information content (AvgIpc) is 2.84. The van der Waals surface area contributed by atoms with Crippen LogP contribution in [0.15, 0.2) is 60.7 Å². The van der Waals surface area contributed by atoms with Gasteiger partial charge in [-0.3, -0.25) is 4.79 Å². The fourth-order valence-electron chi connectivity index (χ4n) is 3.66. The molecule has 1 heterocycles. The molecule has 34 heavy (non-hydrogen) atoms. The molecule has 0 saturated heterocycles. The van der Waals surface area contributed by atoms with Crippen LogP contribution in [-0.4, -0.2) is 31.7 Å². The van der Waals surface area contributed by atoms with Gasteiger partial charge in [-0.1, -0.05) is 29.3 Å². The van der Waals surface area contributed by atoms with Crippen molar-refractivity contribution in [2.75, 3.05) is 20.8 Å². The van der Waals surface area contributed by atoms with Crippen LogP contribution in [-0.2, 0) is 6.42 Å². The van der Waals surface area contributed by atoms with E-state index in [-0.39, 0.29) is 5.91 Å². The molecule has 0 fully saturated rings. The molecule has 8 heteroatoms. The van der Waals surface area contributed by atoms with Gasteiger partial charge >= 0.3 is 0 Å². The summed E-state index contributed by atoms with van der Waals surface area (Å²) in [5, 5.41) is 4.39. The fourth-order valence-corrected chi connectivity index (χ4v) is 4.17. The summed E-state index contributed by atoms with van der Waals surface area (Å²) in [5.74, 6) is 0.363. The number of hydrogen-bond donors (Lipinski definition) is 1. The lowest BCUT2D eigenvalue weighted by molar-refractivity contribution is 0.0955. The van der Waals surface area contributed by atoms with E-state index in [0.717, 1.165) is 5.56 Å². The standard InChI is InChI=1S/C26H21Cl2FN2O3/c1-33-18-6-7-19(25(13-18)34-2)24-14-21(20-12-17(29)5-8-23(20)31-24)26(32)30-10-9-15-3-4-16(27)11-22(15)28/h3-8,11-14H,9-10H2,1-2H3,(H,30,32). The summed E-state index contributed by atoms with van der Waals surface area (Å²) in [4.78, 5) is 17.8. The topological polar surface area (TPSA) is 60.5 Å². The monoisotopic (exact) mass is 498 g/mol. The minimum absolute atomic E-state index is 0.305. The van der Waals surface area contributed by atoms with Gasteiger partial charge in [0.2, 0.25) is 0 Å². The summed E-state index contributed by atoms with van der Waals surface area (Å²) in [6, 6.07) is 16.4. The van der Waals surface area contributed by atoms with Gasteiger partial charge in [-0.25, -0.2) is 9.37 Å². The second-order valence-corrected chi connectivity index (χ2v) is 8.37. The van der Waals surface area contributed by atoms with Crippen LogP contribution in [0.2, 0.25) is 10.0 Å². The molecule has 1 aromatic heterocycles. The molecule has 0 aliphatic rings. The molecule has 0 spiro atoms. The first kappa shape index (κ1) is 23.8. The van der Waals surface area contributed by atoms with Gasteiger partial charge in [0.25, 0.3) is 5.91 Å². The number of nitrogens with one attached hydrogen (secondary N) is 1. The number of amides is 1. The van der Waals surface area contributed by atoms with Crippen LogP contribution >= 0.6 is 23.2 Å². The van der Waals surface area contributed by atoms with Crippen LogP contribution in [0, 0.1) is 5.82 Å². The first-order chi connectivity index (χ1) is 16.4. The Kier molecular flexibility index (Phi) is 7.20. The molecule has 0 aliphatic carbocycles. The first-order valence-electron chi connectivity index (χ1n) is 10.4. The molecule has 5 nitrogen and oxygen atoms in total. The molecule has 0 saturated carbocycles. The molecule has 0 aliphatic heterocycles. The minimum atomic E-state index is -0.453. The Bertz CT molecular complexity index is 1380. The predicted octanol–water partition coefficient (Wildman–Crippen LogP) is 6.34. The summed E-state index contributed by atoms with van der Waals surface area (Å²) in [5.41, 5.74) is 2.85. The van der Waals surface area contributed by atoms with Crippen LogP contribution < -0.4 is 14.8 Å². The summed E-state index contributed by atoms with van der Waals surface area (Å²) in [6.45, 7) is 0.334. The van der Waals surface area contributed by atoms with Crippen LogP contribution in [0.4, 0.5) is 4.39 Å². The molecule has 0 unspecified atom stereocenters. The SMILES string of the molecule is COc1ccc(-c2cc(C(=O)NCCc3ccc(Cl)cc3Cl)c3cc(F)ccc3n2)c(OC)c1. The Morgan fingerprint density at radius 3 is 2.56 bits per heavy atom. The average molecular weight is 499 g/mol. The number of aromatic nitrogens is 1. The van der Waals surface area contributed by atoms with E-state index in [1.807, 2.05) is 6.07 Å². The first-order valence-corrected chi connectivity index (χ1v) is 11.2. The van der Waals surface area contributed by atoms with Crippen molar-refractivity contribution >= 4 is 40.0 Å². The number of carbonyl (C=O) groups excluding carboxylic acids is 1. The molecule has 1 amide bonds. The number of pyridine rings is 1. The van der Waals surface area contributed by atoms with E-state index in [1.54, 1.807) is 56.7 Å². The molecule has 0 bridgehead atoms. The number of hydrogen-bond acceptors (Lipinski definition) is 4. The van der Waals surface area contributed by atoms with Crippen molar-refractivity contribution in [3.8, 4) is 22.8 Å². The highest BCUT2D eigenvalue weighted by atomic mass is 35.5. The quantitative estimate of drug-likeness (QED) is 0.323. The number of benzene rings is 3. The molecular formula is C26H21Cl2FN2O3. The van der Waals surface area contributed by atoms with Crippen molar-refractivity contribution in [3.05, 3.63) is 87.7 Å². The second kappa shape index (κ2) is 10.3. The number of ether oxygens (including phenoxy) is 2. The highest BCUT2D eigenvalue weighted by Crippen LogP contribution is 2.34. The molecule has 4 aromatic rings. The van der Waals surface area contributed by atoms with E-state index in [2.05, 4.69) is 10.3 Å². The van der Waals surface area contributed by atoms with Crippen LogP contribution in [0.5, 0.6) is 11.5 Å². The third-order valence-corrected chi connectivity index (χ3v) is 5.98. The maximum absolute atomic E-state index is 14.0. The lowest BCUT2D eigenvalue weighted by Crippen LogP contribution is -2.26. The predicted molar refractivity (Wildman–Crippen MR) is 133 cm³/mol. The summed E-state index contributed by atoms with van der Waals surface area (Å²) < 4.78 is 24.8. The fraction of sp³-hybridized carbons (Fsp3) is 0.154. The smallest absolute Gasteiger partial charge is 0.252 e. The number of carbonyl (C=O) groups is 1. The van der Waals surface area contributed by atoms with Gasteiger partial charge in [-0.15, -0.1) is 0 Å². The van der Waals surface area contributed by atoms with Gasteiger partial charge in [-0.05, 0) is 60.5 Å². The van der Waals surface area contributed by atoms with E-state index < -0.39 is 5.82 Å². The van der Waals surface area contributed by atoms with E-state index in [1.165, 1.54) is 12.1 Å². The minimum Gasteiger partial charge on any atom is -0.497 e. The van der Waals surface area contributed by atoms with Crippen molar-refractivity contribution in [2.24, 2.45) is 0 Å². The van der Waals surface area contributed by atoms with Gasteiger partial charge in [0.15, 0.2) is 0 Å². The largest absolute Gasteiger partial charge is 0.497 e. The second-order valence-electron chi connectivity index (χ2n) is 7.52. The third kappa shape index (κ3) is 5.08. The van der Waals surface area contributed by atoms with Crippen LogP contribution in [0.1, 0.15) is 15.9 Å². The zero-order valence-corrected chi connectivity index (χ0v) is 20.0. The number of rotatable bonds is 7. The van der Waals surface area contributed by atoms with Gasteiger partial charge in [0.05, 0.1) is 31.0 Å². The zero-order valence-electron chi connectivity index (χ0n) is 18.5. The number of halogens is 3. The third-order valence-electron chi connectivity index (χ3n) is 5.40. The molecule has 0 atom stereocenters. The zero-order chi connectivity index (χ0) is 24.2. The van der Waals surface area contributed by atoms with E-state index in [4.69, 9.17) is 32.7 Å². The van der Waals surface area contributed by atoms with Crippen molar-refractivity contribution in [1.29, 1.82) is 0 Å². The summed E-state index contributed by atoms with van der Waals surface area (Å²) in [6.07, 6.45) is 0.512. The van der Waals surface area contributed by atoms with Gasteiger partial charge < -0.3 is 14.8 Å². The van der Waals surface area contributed by atoms with Crippen molar-refractivity contribution < 1.29 is 18.7 Å². The van der Waals surface area contributed by atoms with Gasteiger partial charge in [-0.2, -0.15) is 0 Å². The molecule has 0 radical (unpaired) electrons. The molecule has 3 aromatic carbocycles. The highest BCUT2D eigenvalue weighted by Gasteiger charge is 2.17. The lowest BCUT2D eigenvalue weighted by Gasteiger charge is -2.14. The molecular weight excluding hydrogens is 478 g/mol. The van der Waals surface area contributed by atoms with Gasteiger partial charge in [0, 0.05) is 33.6 Å². The highest BCUT2D eigenvalue weighted by molar-refractivity contribution is 6.35. The van der Waals surface area contributed by atoms with Crippen molar-refractivity contribution in [3.63, 3.8) is 0 Å². The Balaban J connectivity index is 1.68. The summed E-state index contributed by atoms with van der Waals surface area (Å²) >= 11 is 12.2. The lowest BCUT2D eigenvalue weighted by atomic mass is 10.0. The Labute approximate surface area is 206 Å². The molecule has 1 N–H and O–H groups in total. The maximum atomic E-state index is 14.0. The van der Waals surface area contributed by atoms with Crippen LogP contribution in [0.25, 0.3) is 22.2 Å². The maximum Gasteiger partial charge on any atom is 0.252 e. The normalized spacial score (nSPS) is 10.9.